The normalized spacial score (nSPS) is 10.5. The zero-order chi connectivity index (χ0) is 12.0. The zero-order valence-corrected chi connectivity index (χ0v) is 10.4. The van der Waals surface area contributed by atoms with E-state index in [1.807, 2.05) is 7.05 Å². The van der Waals surface area contributed by atoms with Crippen LogP contribution in [0.4, 0.5) is 10.1 Å². The molecule has 0 saturated carbocycles. The topological polar surface area (TPSA) is 15.3 Å². The molecule has 1 rings (SSSR count). The van der Waals surface area contributed by atoms with E-state index in [0.717, 1.165) is 30.8 Å². The maximum atomic E-state index is 13.4. The second-order valence-electron chi connectivity index (χ2n) is 3.93. The highest BCUT2D eigenvalue weighted by atomic mass is 19.1. The monoisotopic (exact) mass is 224 g/mol. The first kappa shape index (κ1) is 13.0. The average molecular weight is 224 g/mol. The van der Waals surface area contributed by atoms with Crippen LogP contribution in [0.1, 0.15) is 25.8 Å². The molecule has 0 atom stereocenters. The van der Waals surface area contributed by atoms with Crippen molar-refractivity contribution in [2.75, 3.05) is 25.0 Å². The van der Waals surface area contributed by atoms with Crippen LogP contribution in [0.3, 0.4) is 0 Å². The van der Waals surface area contributed by atoms with Crippen LogP contribution >= 0.6 is 0 Å². The molecule has 0 aliphatic carbocycles. The molecule has 16 heavy (non-hydrogen) atoms. The summed E-state index contributed by atoms with van der Waals surface area (Å²) in [5.74, 6) is -0.155. The standard InChI is InChI=1S/C13H21FN2/c1-4-6-16(5-2)13-8-11(10-15-3)7-12(14)9-13/h7-9,15H,4-6,10H2,1-3H3. The summed E-state index contributed by atoms with van der Waals surface area (Å²) in [6.45, 7) is 6.82. The van der Waals surface area contributed by atoms with E-state index >= 15 is 0 Å². The Bertz CT molecular complexity index is 326. The number of halogens is 1. The Morgan fingerprint density at radius 3 is 2.56 bits per heavy atom. The molecule has 0 amide bonds. The minimum atomic E-state index is -0.155. The lowest BCUT2D eigenvalue weighted by atomic mass is 10.1. The smallest absolute Gasteiger partial charge is 0.125 e. The van der Waals surface area contributed by atoms with Gasteiger partial charge in [-0.3, -0.25) is 0 Å². The first-order valence-corrected chi connectivity index (χ1v) is 5.90. The van der Waals surface area contributed by atoms with Crippen molar-refractivity contribution >= 4 is 5.69 Å². The highest BCUT2D eigenvalue weighted by Gasteiger charge is 2.06. The van der Waals surface area contributed by atoms with Crippen LogP contribution in [-0.4, -0.2) is 20.1 Å². The molecule has 2 nitrogen and oxygen atoms in total. The molecule has 1 N–H and O–H groups in total. The van der Waals surface area contributed by atoms with Gasteiger partial charge in [0.2, 0.25) is 0 Å². The van der Waals surface area contributed by atoms with E-state index in [1.54, 1.807) is 12.1 Å². The van der Waals surface area contributed by atoms with Gasteiger partial charge < -0.3 is 10.2 Å². The minimum absolute atomic E-state index is 0.155. The van der Waals surface area contributed by atoms with Gasteiger partial charge in [0.15, 0.2) is 0 Å². The Morgan fingerprint density at radius 2 is 2.00 bits per heavy atom. The molecule has 1 aromatic rings. The highest BCUT2D eigenvalue weighted by molar-refractivity contribution is 5.49. The Balaban J connectivity index is 2.92. The predicted octanol–water partition coefficient (Wildman–Crippen LogP) is 2.78. The van der Waals surface area contributed by atoms with Crippen LogP contribution in [0.15, 0.2) is 18.2 Å². The molecule has 0 radical (unpaired) electrons. The number of hydrogen-bond donors (Lipinski definition) is 1. The van der Waals surface area contributed by atoms with E-state index in [-0.39, 0.29) is 5.82 Å². The number of nitrogens with one attached hydrogen (secondary N) is 1. The Morgan fingerprint density at radius 1 is 1.25 bits per heavy atom. The maximum absolute atomic E-state index is 13.4. The number of anilines is 1. The molecule has 0 saturated heterocycles. The first-order chi connectivity index (χ1) is 7.71. The summed E-state index contributed by atoms with van der Waals surface area (Å²) in [5.41, 5.74) is 1.97. The largest absolute Gasteiger partial charge is 0.372 e. The van der Waals surface area contributed by atoms with Gasteiger partial charge in [-0.25, -0.2) is 4.39 Å². The SMILES string of the molecule is CCCN(CC)c1cc(F)cc(CNC)c1. The first-order valence-electron chi connectivity index (χ1n) is 5.90. The third-order valence-electron chi connectivity index (χ3n) is 2.56. The third-order valence-corrected chi connectivity index (χ3v) is 2.56. The number of benzene rings is 1. The summed E-state index contributed by atoms with van der Waals surface area (Å²) in [6, 6.07) is 5.25. The van der Waals surface area contributed by atoms with E-state index in [4.69, 9.17) is 0 Å². The molecular weight excluding hydrogens is 203 g/mol. The van der Waals surface area contributed by atoms with Gasteiger partial charge in [0.1, 0.15) is 5.82 Å². The molecule has 3 heteroatoms. The lowest BCUT2D eigenvalue weighted by Crippen LogP contribution is -2.23. The molecular formula is C13H21FN2. The van der Waals surface area contributed by atoms with Crippen LogP contribution < -0.4 is 10.2 Å². The highest BCUT2D eigenvalue weighted by Crippen LogP contribution is 2.18. The molecule has 90 valence electrons. The quantitative estimate of drug-likeness (QED) is 0.799. The van der Waals surface area contributed by atoms with E-state index in [9.17, 15) is 4.39 Å². The average Bonchev–Trinajstić information content (AvgIpc) is 2.25. The van der Waals surface area contributed by atoms with Crippen molar-refractivity contribution in [2.45, 2.75) is 26.8 Å². The molecule has 0 fully saturated rings. The van der Waals surface area contributed by atoms with E-state index in [2.05, 4.69) is 30.1 Å². The maximum Gasteiger partial charge on any atom is 0.125 e. The van der Waals surface area contributed by atoms with Gasteiger partial charge in [0.25, 0.3) is 0 Å². The van der Waals surface area contributed by atoms with Gasteiger partial charge in [-0.15, -0.1) is 0 Å². The van der Waals surface area contributed by atoms with Crippen LogP contribution in [0.5, 0.6) is 0 Å². The lowest BCUT2D eigenvalue weighted by molar-refractivity contribution is 0.622. The van der Waals surface area contributed by atoms with E-state index in [1.165, 1.54) is 0 Å². The van der Waals surface area contributed by atoms with Crippen molar-refractivity contribution in [3.8, 4) is 0 Å². The second kappa shape index (κ2) is 6.48. The van der Waals surface area contributed by atoms with Crippen molar-refractivity contribution in [3.63, 3.8) is 0 Å². The van der Waals surface area contributed by atoms with Crippen molar-refractivity contribution in [1.82, 2.24) is 5.32 Å². The zero-order valence-electron chi connectivity index (χ0n) is 10.4. The summed E-state index contributed by atoms with van der Waals surface area (Å²) in [6.07, 6.45) is 1.08. The molecule has 0 aromatic heterocycles. The van der Waals surface area contributed by atoms with Gasteiger partial charge in [-0.05, 0) is 44.2 Å². The summed E-state index contributed by atoms with van der Waals surface area (Å²) in [7, 11) is 1.87. The van der Waals surface area contributed by atoms with Crippen molar-refractivity contribution in [3.05, 3.63) is 29.6 Å². The Hall–Kier alpha value is -1.09. The lowest BCUT2D eigenvalue weighted by Gasteiger charge is -2.23. The van der Waals surface area contributed by atoms with Gasteiger partial charge in [-0.1, -0.05) is 6.92 Å². The summed E-state index contributed by atoms with van der Waals surface area (Å²) < 4.78 is 13.4. The molecule has 0 heterocycles. The summed E-state index contributed by atoms with van der Waals surface area (Å²) in [4.78, 5) is 2.20. The van der Waals surface area contributed by atoms with Gasteiger partial charge in [-0.2, -0.15) is 0 Å². The molecule has 0 aliphatic rings. The van der Waals surface area contributed by atoms with Gasteiger partial charge in [0, 0.05) is 25.3 Å². The van der Waals surface area contributed by atoms with Crippen LogP contribution in [0.2, 0.25) is 0 Å². The third kappa shape index (κ3) is 3.49. The minimum Gasteiger partial charge on any atom is -0.372 e. The molecule has 0 spiro atoms. The fourth-order valence-electron chi connectivity index (χ4n) is 1.86. The Kier molecular flexibility index (Phi) is 5.26. The predicted molar refractivity (Wildman–Crippen MR) is 67.3 cm³/mol. The van der Waals surface area contributed by atoms with E-state index < -0.39 is 0 Å². The fourth-order valence-corrected chi connectivity index (χ4v) is 1.86. The summed E-state index contributed by atoms with van der Waals surface area (Å²) in [5, 5.41) is 3.04. The van der Waals surface area contributed by atoms with E-state index in [0.29, 0.717) is 6.54 Å². The van der Waals surface area contributed by atoms with Gasteiger partial charge >= 0.3 is 0 Å². The van der Waals surface area contributed by atoms with Crippen LogP contribution in [0.25, 0.3) is 0 Å². The van der Waals surface area contributed by atoms with Crippen LogP contribution in [-0.2, 0) is 6.54 Å². The molecule has 0 aliphatic heterocycles. The van der Waals surface area contributed by atoms with Crippen molar-refractivity contribution in [2.24, 2.45) is 0 Å². The molecule has 0 unspecified atom stereocenters. The van der Waals surface area contributed by atoms with Crippen molar-refractivity contribution < 1.29 is 4.39 Å². The number of hydrogen-bond acceptors (Lipinski definition) is 2. The molecule has 1 aromatic carbocycles. The second-order valence-corrected chi connectivity index (χ2v) is 3.93. The van der Waals surface area contributed by atoms with Gasteiger partial charge in [0.05, 0.1) is 0 Å². The fraction of sp³-hybridized carbons (Fsp3) is 0.538. The van der Waals surface area contributed by atoms with Crippen molar-refractivity contribution in [1.29, 1.82) is 0 Å². The Labute approximate surface area is 97.5 Å². The van der Waals surface area contributed by atoms with Crippen LogP contribution in [0, 0.1) is 5.82 Å². The summed E-state index contributed by atoms with van der Waals surface area (Å²) >= 11 is 0. The molecule has 0 bridgehead atoms. The number of rotatable bonds is 6. The number of nitrogens with zero attached hydrogens (tertiary/aromatic N) is 1.